The van der Waals surface area contributed by atoms with Crippen molar-refractivity contribution in [1.82, 2.24) is 4.90 Å². The molecule has 0 bridgehead atoms. The van der Waals surface area contributed by atoms with Gasteiger partial charge in [0.1, 0.15) is 0 Å². The number of carbonyl (C=O) groups is 1. The summed E-state index contributed by atoms with van der Waals surface area (Å²) < 4.78 is 0. The lowest BCUT2D eigenvalue weighted by Gasteiger charge is -2.36. The van der Waals surface area contributed by atoms with Crippen LogP contribution < -0.4 is 4.90 Å². The number of para-hydroxylation sites is 1. The summed E-state index contributed by atoms with van der Waals surface area (Å²) in [7, 11) is 0. The second kappa shape index (κ2) is 7.00. The minimum absolute atomic E-state index is 0.0644. The maximum atomic E-state index is 12.6. The van der Waals surface area contributed by atoms with Crippen LogP contribution in [0.4, 0.5) is 5.69 Å². The molecule has 1 amide bonds. The van der Waals surface area contributed by atoms with Crippen LogP contribution in [0.25, 0.3) is 0 Å². The number of benzene rings is 2. The van der Waals surface area contributed by atoms with Crippen molar-refractivity contribution in [3.05, 3.63) is 63.1 Å². The quantitative estimate of drug-likeness (QED) is 0.772. The smallest absolute Gasteiger partial charge is 0.255 e. The summed E-state index contributed by atoms with van der Waals surface area (Å²) in [4.78, 5) is 16.6. The molecular weight excluding hydrogens is 355 g/mol. The highest BCUT2D eigenvalue weighted by molar-refractivity contribution is 6.36. The van der Waals surface area contributed by atoms with E-state index in [-0.39, 0.29) is 5.91 Å². The van der Waals surface area contributed by atoms with Crippen molar-refractivity contribution < 1.29 is 4.79 Å². The van der Waals surface area contributed by atoms with Crippen molar-refractivity contribution in [1.29, 1.82) is 0 Å². The highest BCUT2D eigenvalue weighted by Crippen LogP contribution is 2.27. The SMILES string of the molecule is O=C(c1ccc(Cl)cc1Cl)N1CCN(c2ccccc2Cl)CC1. The van der Waals surface area contributed by atoms with Crippen LogP contribution in [0.1, 0.15) is 10.4 Å². The summed E-state index contributed by atoms with van der Waals surface area (Å²) in [5.41, 5.74) is 1.49. The Morgan fingerprint density at radius 2 is 1.57 bits per heavy atom. The minimum atomic E-state index is -0.0644. The van der Waals surface area contributed by atoms with Gasteiger partial charge in [0.05, 0.1) is 21.3 Å². The Hall–Kier alpha value is -1.42. The summed E-state index contributed by atoms with van der Waals surface area (Å²) in [6.45, 7) is 2.73. The predicted molar refractivity (Wildman–Crippen MR) is 96.0 cm³/mol. The summed E-state index contributed by atoms with van der Waals surface area (Å²) in [5.74, 6) is -0.0644. The largest absolute Gasteiger partial charge is 0.367 e. The molecule has 0 radical (unpaired) electrons. The number of rotatable bonds is 2. The van der Waals surface area contributed by atoms with Gasteiger partial charge in [-0.25, -0.2) is 0 Å². The van der Waals surface area contributed by atoms with E-state index in [4.69, 9.17) is 34.8 Å². The molecule has 0 aliphatic carbocycles. The molecule has 0 unspecified atom stereocenters. The number of piperazine rings is 1. The molecule has 1 heterocycles. The topological polar surface area (TPSA) is 23.6 Å². The van der Waals surface area contributed by atoms with Gasteiger partial charge in [-0.2, -0.15) is 0 Å². The number of hydrogen-bond acceptors (Lipinski definition) is 2. The molecule has 1 fully saturated rings. The summed E-state index contributed by atoms with van der Waals surface area (Å²) in [6.07, 6.45) is 0. The third-order valence-corrected chi connectivity index (χ3v) is 4.79. The van der Waals surface area contributed by atoms with Crippen LogP contribution >= 0.6 is 34.8 Å². The Kier molecular flexibility index (Phi) is 5.00. The van der Waals surface area contributed by atoms with Crippen molar-refractivity contribution in [3.63, 3.8) is 0 Å². The third-order valence-electron chi connectivity index (χ3n) is 3.92. The van der Waals surface area contributed by atoms with E-state index in [0.717, 1.165) is 23.8 Å². The second-order valence-electron chi connectivity index (χ2n) is 5.35. The van der Waals surface area contributed by atoms with Crippen molar-refractivity contribution in [2.24, 2.45) is 0 Å². The monoisotopic (exact) mass is 368 g/mol. The lowest BCUT2D eigenvalue weighted by Crippen LogP contribution is -2.49. The van der Waals surface area contributed by atoms with Gasteiger partial charge in [-0.05, 0) is 30.3 Å². The van der Waals surface area contributed by atoms with E-state index in [1.165, 1.54) is 0 Å². The molecule has 0 saturated carbocycles. The van der Waals surface area contributed by atoms with E-state index in [1.54, 1.807) is 18.2 Å². The summed E-state index contributed by atoms with van der Waals surface area (Å²) in [5, 5.41) is 1.64. The standard InChI is InChI=1S/C17H15Cl3N2O/c18-12-5-6-13(15(20)11-12)17(23)22-9-7-21(8-10-22)16-4-2-1-3-14(16)19/h1-6,11H,7-10H2. The van der Waals surface area contributed by atoms with Crippen molar-refractivity contribution >= 4 is 46.4 Å². The Bertz CT molecular complexity index is 728. The molecule has 0 aromatic heterocycles. The molecule has 23 heavy (non-hydrogen) atoms. The Morgan fingerprint density at radius 3 is 2.22 bits per heavy atom. The molecule has 6 heteroatoms. The highest BCUT2D eigenvalue weighted by Gasteiger charge is 2.24. The lowest BCUT2D eigenvalue weighted by molar-refractivity contribution is 0.0747. The Balaban J connectivity index is 1.69. The zero-order valence-corrected chi connectivity index (χ0v) is 14.6. The van der Waals surface area contributed by atoms with Gasteiger partial charge in [0.25, 0.3) is 5.91 Å². The average Bonchev–Trinajstić information content (AvgIpc) is 2.55. The first-order valence-electron chi connectivity index (χ1n) is 7.30. The second-order valence-corrected chi connectivity index (χ2v) is 6.61. The van der Waals surface area contributed by atoms with E-state index >= 15 is 0 Å². The summed E-state index contributed by atoms with van der Waals surface area (Å²) in [6, 6.07) is 12.7. The van der Waals surface area contributed by atoms with Crippen molar-refractivity contribution in [2.45, 2.75) is 0 Å². The third kappa shape index (κ3) is 3.57. The number of halogens is 3. The molecule has 0 spiro atoms. The van der Waals surface area contributed by atoms with Crippen LogP contribution in [0.5, 0.6) is 0 Å². The van der Waals surface area contributed by atoms with Gasteiger partial charge >= 0.3 is 0 Å². The van der Waals surface area contributed by atoms with Gasteiger partial charge in [0.2, 0.25) is 0 Å². The van der Waals surface area contributed by atoms with Crippen LogP contribution in [0.15, 0.2) is 42.5 Å². The van der Waals surface area contributed by atoms with E-state index in [9.17, 15) is 4.79 Å². The van der Waals surface area contributed by atoms with E-state index in [1.807, 2.05) is 29.2 Å². The number of nitrogens with zero attached hydrogens (tertiary/aromatic N) is 2. The molecular formula is C17H15Cl3N2O. The van der Waals surface area contributed by atoms with E-state index < -0.39 is 0 Å². The Labute approximate surface area is 150 Å². The fourth-order valence-corrected chi connectivity index (χ4v) is 3.44. The molecule has 0 atom stereocenters. The van der Waals surface area contributed by atoms with Gasteiger partial charge in [-0.3, -0.25) is 4.79 Å². The van der Waals surface area contributed by atoms with Gasteiger partial charge in [0, 0.05) is 31.2 Å². The molecule has 2 aromatic rings. The lowest BCUT2D eigenvalue weighted by atomic mass is 10.1. The first kappa shape index (κ1) is 16.4. The number of carbonyl (C=O) groups excluding carboxylic acids is 1. The van der Waals surface area contributed by atoms with Crippen molar-refractivity contribution in [2.75, 3.05) is 31.1 Å². The van der Waals surface area contributed by atoms with Crippen LogP contribution in [0.2, 0.25) is 15.1 Å². The van der Waals surface area contributed by atoms with E-state index in [2.05, 4.69) is 4.90 Å². The predicted octanol–water partition coefficient (Wildman–Crippen LogP) is 4.61. The molecule has 3 rings (SSSR count). The molecule has 120 valence electrons. The fraction of sp³-hybridized carbons (Fsp3) is 0.235. The first-order chi connectivity index (χ1) is 11.1. The maximum Gasteiger partial charge on any atom is 0.255 e. The highest BCUT2D eigenvalue weighted by atomic mass is 35.5. The molecule has 0 N–H and O–H groups in total. The normalized spacial score (nSPS) is 14.9. The Morgan fingerprint density at radius 1 is 0.870 bits per heavy atom. The van der Waals surface area contributed by atoms with Gasteiger partial charge in [0.15, 0.2) is 0 Å². The molecule has 1 aliphatic rings. The van der Waals surface area contributed by atoms with Crippen LogP contribution in [-0.2, 0) is 0 Å². The fourth-order valence-electron chi connectivity index (χ4n) is 2.69. The minimum Gasteiger partial charge on any atom is -0.367 e. The molecule has 1 aliphatic heterocycles. The molecule has 3 nitrogen and oxygen atoms in total. The van der Waals surface area contributed by atoms with Crippen molar-refractivity contribution in [3.8, 4) is 0 Å². The molecule has 2 aromatic carbocycles. The number of amides is 1. The van der Waals surface area contributed by atoms with Crippen LogP contribution in [0, 0.1) is 0 Å². The van der Waals surface area contributed by atoms with Gasteiger partial charge in [-0.1, -0.05) is 46.9 Å². The zero-order valence-electron chi connectivity index (χ0n) is 12.3. The van der Waals surface area contributed by atoms with Crippen LogP contribution in [-0.4, -0.2) is 37.0 Å². The first-order valence-corrected chi connectivity index (χ1v) is 8.43. The van der Waals surface area contributed by atoms with Crippen LogP contribution in [0.3, 0.4) is 0 Å². The maximum absolute atomic E-state index is 12.6. The van der Waals surface area contributed by atoms with Gasteiger partial charge in [-0.15, -0.1) is 0 Å². The number of hydrogen-bond donors (Lipinski definition) is 0. The van der Waals surface area contributed by atoms with E-state index in [0.29, 0.717) is 28.7 Å². The summed E-state index contributed by atoms with van der Waals surface area (Å²) >= 11 is 18.2. The van der Waals surface area contributed by atoms with Gasteiger partial charge < -0.3 is 9.80 Å². The zero-order chi connectivity index (χ0) is 16.4. The average molecular weight is 370 g/mol. The number of anilines is 1. The molecule has 1 saturated heterocycles.